The molecule has 36 heavy (non-hydrogen) atoms. The Morgan fingerprint density at radius 1 is 1.14 bits per heavy atom. The molecule has 0 aromatic carbocycles. The van der Waals surface area contributed by atoms with E-state index in [0.29, 0.717) is 31.4 Å². The number of aliphatic carboxylic acids is 2. The summed E-state index contributed by atoms with van der Waals surface area (Å²) in [5.41, 5.74) is 0. The normalized spacial score (nSPS) is 23.4. The van der Waals surface area contributed by atoms with E-state index in [1.54, 1.807) is 0 Å². The fraction of sp³-hybridized carbons (Fsp3) is 0.773. The van der Waals surface area contributed by atoms with Crippen molar-refractivity contribution < 1.29 is 43.7 Å². The van der Waals surface area contributed by atoms with Crippen molar-refractivity contribution >= 4 is 52.5 Å². The molecule has 2 aliphatic rings. The Hall–Kier alpha value is -2.03. The third-order valence-electron chi connectivity index (χ3n) is 5.95. The summed E-state index contributed by atoms with van der Waals surface area (Å²) in [5, 5.41) is 26.5. The lowest BCUT2D eigenvalue weighted by Gasteiger charge is -2.32. The zero-order valence-corrected chi connectivity index (χ0v) is 21.9. The number of thioether (sulfide) groups is 2. The minimum Gasteiger partial charge on any atom is -0.481 e. The van der Waals surface area contributed by atoms with E-state index in [4.69, 9.17) is 14.6 Å². The van der Waals surface area contributed by atoms with E-state index in [2.05, 4.69) is 16.0 Å². The standard InChI is InChI=1S/C22H35N3O9S2/c1-14(26)35-12-15(19(29)30)5-8-33-10-11-34-9-7-23-20(31)22(6-3-2-4-17(27)28)18-16(13-36-22)24-21(32)25-18/h15-16,18H,2-13H2,1H3,(H,23,31)(H,27,28)(H,29,30)(H2,24,25,32)/t15-,16+,18+,22+/m1/s1. The summed E-state index contributed by atoms with van der Waals surface area (Å²) in [6.07, 6.45) is 1.79. The molecule has 0 aliphatic carbocycles. The first kappa shape index (κ1) is 30.2. The number of carbonyl (C=O) groups is 5. The van der Waals surface area contributed by atoms with E-state index in [0.717, 1.165) is 11.8 Å². The van der Waals surface area contributed by atoms with E-state index in [-0.39, 0.29) is 74.3 Å². The van der Waals surface area contributed by atoms with E-state index >= 15 is 0 Å². The Kier molecular flexibility index (Phi) is 12.8. The van der Waals surface area contributed by atoms with Gasteiger partial charge in [0.05, 0.1) is 37.8 Å². The Bertz CT molecular complexity index is 801. The maximum atomic E-state index is 13.2. The van der Waals surface area contributed by atoms with Crippen molar-refractivity contribution in [2.24, 2.45) is 5.92 Å². The minimum atomic E-state index is -0.960. The number of fused-ring (bicyclic) bond motifs is 1. The van der Waals surface area contributed by atoms with E-state index in [9.17, 15) is 29.1 Å². The van der Waals surface area contributed by atoms with Crippen molar-refractivity contribution in [3.63, 3.8) is 0 Å². The van der Waals surface area contributed by atoms with Crippen molar-refractivity contribution in [3.8, 4) is 0 Å². The van der Waals surface area contributed by atoms with Gasteiger partial charge in [0.2, 0.25) is 5.91 Å². The summed E-state index contributed by atoms with van der Waals surface area (Å²) >= 11 is 2.46. The molecule has 5 N–H and O–H groups in total. The SMILES string of the molecule is CC(=O)SC[C@@H](CCOCCOCCNC(=O)[C@@]1(CCCCC(=O)O)SC[C@@H]2NC(=O)N[C@@H]21)C(=O)O. The lowest BCUT2D eigenvalue weighted by molar-refractivity contribution is -0.141. The maximum Gasteiger partial charge on any atom is 0.315 e. The van der Waals surface area contributed by atoms with Crippen molar-refractivity contribution in [1.29, 1.82) is 0 Å². The van der Waals surface area contributed by atoms with Gasteiger partial charge in [-0.15, -0.1) is 11.8 Å². The molecule has 0 bridgehead atoms. The number of nitrogens with one attached hydrogen (secondary N) is 3. The molecule has 0 aromatic heterocycles. The topological polar surface area (TPSA) is 180 Å². The van der Waals surface area contributed by atoms with Crippen LogP contribution in [0.3, 0.4) is 0 Å². The van der Waals surface area contributed by atoms with Gasteiger partial charge in [-0.3, -0.25) is 19.2 Å². The number of carbonyl (C=O) groups excluding carboxylic acids is 3. The van der Waals surface area contributed by atoms with Gasteiger partial charge in [0, 0.05) is 38.0 Å². The van der Waals surface area contributed by atoms with Crippen LogP contribution in [0.1, 0.15) is 39.0 Å². The highest BCUT2D eigenvalue weighted by atomic mass is 32.2. The molecule has 0 unspecified atom stereocenters. The predicted molar refractivity (Wildman–Crippen MR) is 134 cm³/mol. The van der Waals surface area contributed by atoms with Crippen LogP contribution in [0.15, 0.2) is 0 Å². The van der Waals surface area contributed by atoms with Crippen LogP contribution in [0.4, 0.5) is 4.79 Å². The van der Waals surface area contributed by atoms with Gasteiger partial charge in [-0.2, -0.15) is 0 Å². The van der Waals surface area contributed by atoms with Crippen molar-refractivity contribution in [2.75, 3.05) is 44.5 Å². The zero-order valence-electron chi connectivity index (χ0n) is 20.3. The number of ether oxygens (including phenoxy) is 2. The second kappa shape index (κ2) is 15.3. The second-order valence-electron chi connectivity index (χ2n) is 8.61. The molecule has 4 atom stereocenters. The minimum absolute atomic E-state index is 0.0331. The van der Waals surface area contributed by atoms with Crippen LogP contribution < -0.4 is 16.0 Å². The molecule has 2 saturated heterocycles. The molecule has 0 spiro atoms. The van der Waals surface area contributed by atoms with Gasteiger partial charge in [0.15, 0.2) is 5.12 Å². The molecule has 2 aliphatic heterocycles. The van der Waals surface area contributed by atoms with Crippen molar-refractivity contribution in [3.05, 3.63) is 0 Å². The summed E-state index contributed by atoms with van der Waals surface area (Å²) in [5.74, 6) is -1.89. The van der Waals surface area contributed by atoms with Crippen LogP contribution in [0.25, 0.3) is 0 Å². The molecule has 2 fully saturated rings. The van der Waals surface area contributed by atoms with Gasteiger partial charge in [0.25, 0.3) is 0 Å². The third kappa shape index (κ3) is 9.45. The summed E-state index contributed by atoms with van der Waals surface area (Å²) in [6.45, 7) is 2.69. The Balaban J connectivity index is 1.67. The first-order chi connectivity index (χ1) is 17.2. The van der Waals surface area contributed by atoms with Gasteiger partial charge in [0.1, 0.15) is 4.75 Å². The van der Waals surface area contributed by atoms with Crippen LogP contribution in [0, 0.1) is 5.92 Å². The molecule has 3 amide bonds. The van der Waals surface area contributed by atoms with Gasteiger partial charge < -0.3 is 35.6 Å². The van der Waals surface area contributed by atoms with E-state index < -0.39 is 22.6 Å². The Morgan fingerprint density at radius 2 is 1.86 bits per heavy atom. The van der Waals surface area contributed by atoms with Crippen molar-refractivity contribution in [1.82, 2.24) is 16.0 Å². The van der Waals surface area contributed by atoms with Gasteiger partial charge >= 0.3 is 18.0 Å². The zero-order chi connectivity index (χ0) is 26.6. The molecular formula is C22H35N3O9S2. The Morgan fingerprint density at radius 3 is 2.53 bits per heavy atom. The molecule has 2 rings (SSSR count). The Labute approximate surface area is 218 Å². The largest absolute Gasteiger partial charge is 0.481 e. The van der Waals surface area contributed by atoms with Crippen LogP contribution in [-0.4, -0.2) is 101 Å². The van der Waals surface area contributed by atoms with E-state index in [1.807, 2.05) is 0 Å². The number of carboxylic acid groups (broad SMARTS) is 2. The van der Waals surface area contributed by atoms with Crippen LogP contribution in [0.2, 0.25) is 0 Å². The summed E-state index contributed by atoms with van der Waals surface area (Å²) in [4.78, 5) is 58.0. The number of amides is 3. The fourth-order valence-electron chi connectivity index (χ4n) is 4.08. The molecule has 14 heteroatoms. The molecule has 0 aromatic rings. The highest BCUT2D eigenvalue weighted by Crippen LogP contribution is 2.44. The average Bonchev–Trinajstić information content (AvgIpc) is 3.34. The highest BCUT2D eigenvalue weighted by Gasteiger charge is 2.57. The molecule has 204 valence electrons. The van der Waals surface area contributed by atoms with Crippen LogP contribution >= 0.6 is 23.5 Å². The summed E-state index contributed by atoms with van der Waals surface area (Å²) in [7, 11) is 0. The number of unbranched alkanes of at least 4 members (excludes halogenated alkanes) is 1. The molecule has 0 radical (unpaired) electrons. The number of carboxylic acids is 2. The molecule has 12 nitrogen and oxygen atoms in total. The summed E-state index contributed by atoms with van der Waals surface area (Å²) in [6, 6.07) is -0.816. The van der Waals surface area contributed by atoms with Gasteiger partial charge in [-0.05, 0) is 19.3 Å². The lowest BCUT2D eigenvalue weighted by Crippen LogP contribution is -2.56. The molecular weight excluding hydrogens is 514 g/mol. The van der Waals surface area contributed by atoms with Gasteiger partial charge in [-0.1, -0.05) is 18.2 Å². The molecule has 2 heterocycles. The monoisotopic (exact) mass is 549 g/mol. The van der Waals surface area contributed by atoms with Gasteiger partial charge in [-0.25, -0.2) is 4.79 Å². The van der Waals surface area contributed by atoms with E-state index in [1.165, 1.54) is 18.7 Å². The fourth-order valence-corrected chi connectivity index (χ4v) is 6.48. The quantitative estimate of drug-likeness (QED) is 0.120. The second-order valence-corrected chi connectivity index (χ2v) is 11.2. The third-order valence-corrected chi connectivity index (χ3v) is 8.61. The predicted octanol–water partition coefficient (Wildman–Crippen LogP) is 0.687. The first-order valence-corrected chi connectivity index (χ1v) is 13.9. The maximum absolute atomic E-state index is 13.2. The number of hydrogen-bond acceptors (Lipinski definition) is 9. The smallest absolute Gasteiger partial charge is 0.315 e. The number of rotatable bonds is 18. The molecule has 0 saturated carbocycles. The van der Waals surface area contributed by atoms with Crippen LogP contribution in [-0.2, 0) is 28.7 Å². The first-order valence-electron chi connectivity index (χ1n) is 11.9. The summed E-state index contributed by atoms with van der Waals surface area (Å²) < 4.78 is 10.0. The van der Waals surface area contributed by atoms with Crippen molar-refractivity contribution in [2.45, 2.75) is 55.9 Å². The lowest BCUT2D eigenvalue weighted by atomic mass is 9.88. The number of hydrogen-bond donors (Lipinski definition) is 5. The van der Waals surface area contributed by atoms with Crippen LogP contribution in [0.5, 0.6) is 0 Å². The number of urea groups is 1. The highest BCUT2D eigenvalue weighted by molar-refractivity contribution is 8.13. The average molecular weight is 550 g/mol.